The maximum atomic E-state index is 12.2. The molecule has 0 atom stereocenters. The third-order valence-corrected chi connectivity index (χ3v) is 2.48. The molecular weight excluding hydrogens is 284 g/mol. The molecule has 0 spiro atoms. The van der Waals surface area contributed by atoms with Crippen LogP contribution >= 0.6 is 0 Å². The molecule has 0 unspecified atom stereocenters. The van der Waals surface area contributed by atoms with Gasteiger partial charge in [-0.05, 0) is 24.3 Å². The highest BCUT2D eigenvalue weighted by molar-refractivity contribution is 5.99. The van der Waals surface area contributed by atoms with Crippen LogP contribution in [0.3, 0.4) is 0 Å². The van der Waals surface area contributed by atoms with Gasteiger partial charge in [0, 0.05) is 6.20 Å². The number of halogens is 2. The molecular formula is C13H11F2N3O3. The van der Waals surface area contributed by atoms with E-state index < -0.39 is 18.4 Å². The van der Waals surface area contributed by atoms with Crippen molar-refractivity contribution in [2.75, 3.05) is 0 Å². The lowest BCUT2D eigenvalue weighted by molar-refractivity contribution is -0.0501. The van der Waals surface area contributed by atoms with E-state index in [0.29, 0.717) is 0 Å². The van der Waals surface area contributed by atoms with E-state index in [1.165, 1.54) is 30.3 Å². The van der Waals surface area contributed by atoms with Gasteiger partial charge in [0.15, 0.2) is 0 Å². The molecule has 2 amide bonds. The summed E-state index contributed by atoms with van der Waals surface area (Å²) in [5.74, 6) is -1.62. The van der Waals surface area contributed by atoms with Gasteiger partial charge in [0.25, 0.3) is 11.8 Å². The van der Waals surface area contributed by atoms with Gasteiger partial charge in [-0.3, -0.25) is 20.4 Å². The molecule has 8 heteroatoms. The zero-order valence-corrected chi connectivity index (χ0v) is 10.6. The van der Waals surface area contributed by atoms with Gasteiger partial charge in [-0.25, -0.2) is 0 Å². The van der Waals surface area contributed by atoms with Crippen LogP contribution in [0.5, 0.6) is 5.75 Å². The van der Waals surface area contributed by atoms with Crippen molar-refractivity contribution in [3.8, 4) is 5.75 Å². The fourth-order valence-electron chi connectivity index (χ4n) is 1.57. The summed E-state index contributed by atoms with van der Waals surface area (Å²) in [6, 6.07) is 8.59. The number of amides is 2. The van der Waals surface area contributed by atoms with Crippen LogP contribution in [-0.4, -0.2) is 23.4 Å². The Morgan fingerprint density at radius 2 is 1.76 bits per heavy atom. The van der Waals surface area contributed by atoms with E-state index in [1.54, 1.807) is 12.3 Å². The number of hydrogen-bond acceptors (Lipinski definition) is 3. The molecule has 6 nitrogen and oxygen atoms in total. The lowest BCUT2D eigenvalue weighted by Crippen LogP contribution is -2.41. The van der Waals surface area contributed by atoms with E-state index in [-0.39, 0.29) is 17.0 Å². The molecule has 0 radical (unpaired) electrons. The van der Waals surface area contributed by atoms with Crippen LogP contribution in [0.15, 0.2) is 42.6 Å². The minimum Gasteiger partial charge on any atom is -0.434 e. The molecule has 0 saturated carbocycles. The van der Waals surface area contributed by atoms with Crippen molar-refractivity contribution in [1.82, 2.24) is 15.8 Å². The topological polar surface area (TPSA) is 83.2 Å². The Bertz CT molecular complexity index is 629. The van der Waals surface area contributed by atoms with Crippen molar-refractivity contribution in [3.05, 3.63) is 53.9 Å². The van der Waals surface area contributed by atoms with Gasteiger partial charge in [-0.2, -0.15) is 8.78 Å². The number of aromatic amines is 1. The first-order valence-corrected chi connectivity index (χ1v) is 5.86. The summed E-state index contributed by atoms with van der Waals surface area (Å²) in [4.78, 5) is 26.1. The van der Waals surface area contributed by atoms with Crippen LogP contribution in [0.1, 0.15) is 20.8 Å². The summed E-state index contributed by atoms with van der Waals surface area (Å²) >= 11 is 0. The third kappa shape index (κ3) is 3.78. The Balaban J connectivity index is 2.02. The highest BCUT2D eigenvalue weighted by atomic mass is 19.3. The second-order valence-corrected chi connectivity index (χ2v) is 3.87. The van der Waals surface area contributed by atoms with E-state index >= 15 is 0 Å². The number of benzene rings is 1. The van der Waals surface area contributed by atoms with E-state index in [9.17, 15) is 18.4 Å². The van der Waals surface area contributed by atoms with Gasteiger partial charge in [-0.15, -0.1) is 0 Å². The minimum absolute atomic E-state index is 0.121. The maximum Gasteiger partial charge on any atom is 0.387 e. The number of hydrazine groups is 1. The predicted octanol–water partition coefficient (Wildman–Crippen LogP) is 1.69. The number of para-hydroxylation sites is 1. The van der Waals surface area contributed by atoms with Gasteiger partial charge in [-0.1, -0.05) is 12.1 Å². The zero-order chi connectivity index (χ0) is 15.2. The fraction of sp³-hybridized carbons (Fsp3) is 0.0769. The monoisotopic (exact) mass is 295 g/mol. The second kappa shape index (κ2) is 6.51. The van der Waals surface area contributed by atoms with Crippen molar-refractivity contribution < 1.29 is 23.1 Å². The number of alkyl halides is 2. The number of hydrogen-bond donors (Lipinski definition) is 3. The number of carbonyl (C=O) groups is 2. The smallest absolute Gasteiger partial charge is 0.387 e. The molecule has 0 bridgehead atoms. The molecule has 0 aliphatic carbocycles. The van der Waals surface area contributed by atoms with E-state index in [1.807, 2.05) is 0 Å². The lowest BCUT2D eigenvalue weighted by atomic mass is 10.2. The average molecular weight is 295 g/mol. The molecule has 0 fully saturated rings. The molecule has 2 aromatic rings. The quantitative estimate of drug-likeness (QED) is 0.751. The summed E-state index contributed by atoms with van der Waals surface area (Å²) in [6.07, 6.45) is 1.54. The molecule has 3 N–H and O–H groups in total. The lowest BCUT2D eigenvalue weighted by Gasteiger charge is -2.11. The van der Waals surface area contributed by atoms with Crippen molar-refractivity contribution in [2.24, 2.45) is 0 Å². The highest BCUT2D eigenvalue weighted by Gasteiger charge is 2.16. The standard InChI is InChI=1S/C13H11F2N3O3/c14-13(15)21-10-6-2-1-4-8(10)11(19)17-18-12(20)9-5-3-7-16-9/h1-7,13,16H,(H,17,19)(H,18,20). The van der Waals surface area contributed by atoms with Gasteiger partial charge >= 0.3 is 6.61 Å². The van der Waals surface area contributed by atoms with Crippen LogP contribution in [0.2, 0.25) is 0 Å². The summed E-state index contributed by atoms with van der Waals surface area (Å²) in [6.45, 7) is -3.05. The average Bonchev–Trinajstić information content (AvgIpc) is 2.98. The van der Waals surface area contributed by atoms with Crippen LogP contribution in [-0.2, 0) is 0 Å². The van der Waals surface area contributed by atoms with Crippen LogP contribution in [0.4, 0.5) is 8.78 Å². The Morgan fingerprint density at radius 3 is 2.43 bits per heavy atom. The Kier molecular flexibility index (Phi) is 4.50. The normalized spacial score (nSPS) is 10.2. The number of H-pyrrole nitrogens is 1. The first-order valence-electron chi connectivity index (χ1n) is 5.86. The fourth-order valence-corrected chi connectivity index (χ4v) is 1.57. The Hall–Kier alpha value is -2.90. The predicted molar refractivity (Wildman–Crippen MR) is 68.8 cm³/mol. The molecule has 110 valence electrons. The van der Waals surface area contributed by atoms with Crippen molar-refractivity contribution >= 4 is 11.8 Å². The van der Waals surface area contributed by atoms with Gasteiger partial charge < -0.3 is 9.72 Å². The van der Waals surface area contributed by atoms with Gasteiger partial charge in [0.2, 0.25) is 0 Å². The number of aromatic nitrogens is 1. The first-order chi connectivity index (χ1) is 10.1. The van der Waals surface area contributed by atoms with Crippen LogP contribution < -0.4 is 15.6 Å². The minimum atomic E-state index is -3.05. The number of carbonyl (C=O) groups excluding carboxylic acids is 2. The molecule has 21 heavy (non-hydrogen) atoms. The molecule has 1 heterocycles. The Labute approximate surface area is 118 Å². The summed E-state index contributed by atoms with van der Waals surface area (Å²) in [5.41, 5.74) is 4.39. The highest BCUT2D eigenvalue weighted by Crippen LogP contribution is 2.19. The van der Waals surface area contributed by atoms with Crippen molar-refractivity contribution in [3.63, 3.8) is 0 Å². The largest absolute Gasteiger partial charge is 0.434 e. The molecule has 2 rings (SSSR count). The van der Waals surface area contributed by atoms with Crippen molar-refractivity contribution in [1.29, 1.82) is 0 Å². The molecule has 1 aromatic heterocycles. The summed E-state index contributed by atoms with van der Waals surface area (Å²) in [7, 11) is 0. The number of ether oxygens (including phenoxy) is 1. The van der Waals surface area contributed by atoms with Crippen LogP contribution in [0.25, 0.3) is 0 Å². The zero-order valence-electron chi connectivity index (χ0n) is 10.6. The molecule has 0 saturated heterocycles. The molecule has 0 aliphatic heterocycles. The summed E-state index contributed by atoms with van der Waals surface area (Å²) < 4.78 is 28.7. The maximum absolute atomic E-state index is 12.2. The van der Waals surface area contributed by atoms with Crippen LogP contribution in [0, 0.1) is 0 Å². The van der Waals surface area contributed by atoms with E-state index in [2.05, 4.69) is 20.6 Å². The third-order valence-electron chi connectivity index (χ3n) is 2.48. The number of rotatable bonds is 4. The van der Waals surface area contributed by atoms with Gasteiger partial charge in [0.05, 0.1) is 5.56 Å². The first kappa shape index (κ1) is 14.5. The van der Waals surface area contributed by atoms with Crippen molar-refractivity contribution in [2.45, 2.75) is 6.61 Å². The SMILES string of the molecule is O=C(NNC(=O)c1ccccc1OC(F)F)c1ccc[nH]1. The van der Waals surface area contributed by atoms with Gasteiger partial charge in [0.1, 0.15) is 11.4 Å². The van der Waals surface area contributed by atoms with E-state index in [4.69, 9.17) is 0 Å². The molecule has 0 aliphatic rings. The second-order valence-electron chi connectivity index (χ2n) is 3.87. The molecule has 1 aromatic carbocycles. The summed E-state index contributed by atoms with van der Waals surface area (Å²) in [5, 5.41) is 0. The van der Waals surface area contributed by atoms with E-state index in [0.717, 1.165) is 0 Å². The Morgan fingerprint density at radius 1 is 1.05 bits per heavy atom. The number of nitrogens with one attached hydrogen (secondary N) is 3.